The molecule has 1 fully saturated rings. The minimum absolute atomic E-state index is 0.474. The highest BCUT2D eigenvalue weighted by atomic mass is 15.3. The lowest BCUT2D eigenvalue weighted by Gasteiger charge is -2.31. The second kappa shape index (κ2) is 7.62. The summed E-state index contributed by atoms with van der Waals surface area (Å²) in [6, 6.07) is 0.474. The number of rotatable bonds is 5. The summed E-state index contributed by atoms with van der Waals surface area (Å²) in [6.45, 7) is 14.0. The molecule has 2 N–H and O–H groups in total. The van der Waals surface area contributed by atoms with Crippen molar-refractivity contribution < 1.29 is 0 Å². The number of nitrogens with two attached hydrogens (primary N) is 1. The van der Waals surface area contributed by atoms with Gasteiger partial charge in [-0.15, -0.1) is 0 Å². The number of hydrogen-bond acceptors (Lipinski definition) is 2. The van der Waals surface area contributed by atoms with E-state index in [9.17, 15) is 0 Å². The van der Waals surface area contributed by atoms with Crippen molar-refractivity contribution in [3.8, 4) is 0 Å². The number of guanidine groups is 1. The fourth-order valence-corrected chi connectivity index (χ4v) is 2.53. The molecule has 18 heavy (non-hydrogen) atoms. The van der Waals surface area contributed by atoms with Crippen LogP contribution in [0.5, 0.6) is 0 Å². The summed E-state index contributed by atoms with van der Waals surface area (Å²) in [5, 5.41) is 0. The molecular formula is C14H30N4. The average Bonchev–Trinajstić information content (AvgIpc) is 2.38. The Labute approximate surface area is 112 Å². The largest absolute Gasteiger partial charge is 0.370 e. The Kier molecular flexibility index (Phi) is 6.47. The maximum atomic E-state index is 6.08. The van der Waals surface area contributed by atoms with Crippen molar-refractivity contribution in [2.24, 2.45) is 16.6 Å². The van der Waals surface area contributed by atoms with Crippen LogP contribution in [0.2, 0.25) is 0 Å². The Bertz CT molecular complexity index is 253. The van der Waals surface area contributed by atoms with Gasteiger partial charge >= 0.3 is 0 Å². The molecule has 1 rings (SSSR count). The van der Waals surface area contributed by atoms with Crippen LogP contribution in [-0.4, -0.2) is 54.5 Å². The topological polar surface area (TPSA) is 44.9 Å². The van der Waals surface area contributed by atoms with Gasteiger partial charge in [0, 0.05) is 19.1 Å². The zero-order valence-electron chi connectivity index (χ0n) is 12.5. The van der Waals surface area contributed by atoms with E-state index in [4.69, 9.17) is 5.73 Å². The summed E-state index contributed by atoms with van der Waals surface area (Å²) in [5.74, 6) is 1.57. The summed E-state index contributed by atoms with van der Waals surface area (Å²) in [5.41, 5.74) is 6.08. The van der Waals surface area contributed by atoms with Crippen molar-refractivity contribution in [1.82, 2.24) is 9.80 Å². The molecule has 1 aliphatic rings. The zero-order valence-corrected chi connectivity index (χ0v) is 12.5. The molecule has 0 aromatic heterocycles. The summed E-state index contributed by atoms with van der Waals surface area (Å²) < 4.78 is 0. The van der Waals surface area contributed by atoms with Crippen LogP contribution in [0.4, 0.5) is 0 Å². The molecule has 0 bridgehead atoms. The third kappa shape index (κ3) is 4.48. The smallest absolute Gasteiger partial charge is 0.191 e. The molecule has 0 spiro atoms. The molecule has 1 saturated heterocycles. The lowest BCUT2D eigenvalue weighted by atomic mass is 10.00. The first-order chi connectivity index (χ1) is 8.58. The van der Waals surface area contributed by atoms with Crippen LogP contribution < -0.4 is 5.73 Å². The maximum absolute atomic E-state index is 6.08. The van der Waals surface area contributed by atoms with E-state index in [1.807, 2.05) is 0 Å². The lowest BCUT2D eigenvalue weighted by Crippen LogP contribution is -2.43. The van der Waals surface area contributed by atoms with Gasteiger partial charge in [0.25, 0.3) is 0 Å². The average molecular weight is 254 g/mol. The van der Waals surface area contributed by atoms with E-state index in [1.54, 1.807) is 0 Å². The van der Waals surface area contributed by atoms with Crippen LogP contribution in [-0.2, 0) is 0 Å². The van der Waals surface area contributed by atoms with Crippen molar-refractivity contribution in [3.05, 3.63) is 0 Å². The van der Waals surface area contributed by atoms with Crippen molar-refractivity contribution in [2.45, 2.75) is 46.6 Å². The zero-order chi connectivity index (χ0) is 13.5. The number of nitrogens with zero attached hydrogens (tertiary/aromatic N) is 3. The van der Waals surface area contributed by atoms with Crippen molar-refractivity contribution in [3.63, 3.8) is 0 Å². The van der Waals surface area contributed by atoms with E-state index in [1.165, 1.54) is 12.8 Å². The summed E-state index contributed by atoms with van der Waals surface area (Å²) in [4.78, 5) is 9.21. The van der Waals surface area contributed by atoms with Gasteiger partial charge in [0.05, 0.1) is 6.54 Å². The van der Waals surface area contributed by atoms with Crippen molar-refractivity contribution >= 4 is 5.96 Å². The third-order valence-corrected chi connectivity index (χ3v) is 4.06. The molecule has 1 atom stereocenters. The molecule has 0 radical (unpaired) electrons. The van der Waals surface area contributed by atoms with Gasteiger partial charge in [-0.1, -0.05) is 20.8 Å². The van der Waals surface area contributed by atoms with E-state index in [0.29, 0.717) is 6.04 Å². The van der Waals surface area contributed by atoms with E-state index in [2.05, 4.69) is 42.5 Å². The number of hydrogen-bond donors (Lipinski definition) is 1. The highest BCUT2D eigenvalue weighted by Crippen LogP contribution is 2.15. The molecule has 0 saturated carbocycles. The summed E-state index contributed by atoms with van der Waals surface area (Å²) in [6.07, 6.45) is 2.48. The molecule has 0 aromatic rings. The minimum atomic E-state index is 0.474. The predicted molar refractivity (Wildman–Crippen MR) is 78.8 cm³/mol. The molecule has 1 aliphatic heterocycles. The van der Waals surface area contributed by atoms with Crippen LogP contribution in [0.15, 0.2) is 4.99 Å². The summed E-state index contributed by atoms with van der Waals surface area (Å²) >= 11 is 0. The van der Waals surface area contributed by atoms with Gasteiger partial charge in [-0.2, -0.15) is 0 Å². The van der Waals surface area contributed by atoms with E-state index in [-0.39, 0.29) is 0 Å². The Hall–Kier alpha value is -0.770. The fraction of sp³-hybridized carbons (Fsp3) is 0.929. The van der Waals surface area contributed by atoms with Gasteiger partial charge in [-0.25, -0.2) is 0 Å². The molecule has 0 aliphatic carbocycles. The Morgan fingerprint density at radius 3 is 2.39 bits per heavy atom. The third-order valence-electron chi connectivity index (χ3n) is 4.06. The van der Waals surface area contributed by atoms with E-state index < -0.39 is 0 Å². The molecule has 4 heteroatoms. The second-order valence-corrected chi connectivity index (χ2v) is 5.44. The Morgan fingerprint density at radius 1 is 1.33 bits per heavy atom. The minimum Gasteiger partial charge on any atom is -0.370 e. The molecule has 4 nitrogen and oxygen atoms in total. The van der Waals surface area contributed by atoms with Gasteiger partial charge in [0.15, 0.2) is 5.96 Å². The number of likely N-dealkylation sites (tertiary alicyclic amines) is 1. The van der Waals surface area contributed by atoms with Crippen LogP contribution in [0.3, 0.4) is 0 Å². The Morgan fingerprint density at radius 2 is 1.89 bits per heavy atom. The maximum Gasteiger partial charge on any atom is 0.191 e. The van der Waals surface area contributed by atoms with Gasteiger partial charge in [0.2, 0.25) is 0 Å². The second-order valence-electron chi connectivity index (χ2n) is 5.44. The molecular weight excluding hydrogens is 224 g/mol. The standard InChI is InChI=1S/C14H30N4/c1-5-17(6-2)13(4)11-16-14(15)18-9-7-12(3)8-10-18/h12-13H,5-11H2,1-4H3,(H2,15,16). The quantitative estimate of drug-likeness (QED) is 0.601. The van der Waals surface area contributed by atoms with Crippen LogP contribution >= 0.6 is 0 Å². The van der Waals surface area contributed by atoms with Crippen molar-refractivity contribution in [2.75, 3.05) is 32.7 Å². The van der Waals surface area contributed by atoms with Gasteiger partial charge < -0.3 is 10.6 Å². The number of piperidine rings is 1. The molecule has 1 heterocycles. The van der Waals surface area contributed by atoms with Crippen LogP contribution in [0.25, 0.3) is 0 Å². The summed E-state index contributed by atoms with van der Waals surface area (Å²) in [7, 11) is 0. The first-order valence-corrected chi connectivity index (χ1v) is 7.37. The molecule has 0 amide bonds. The van der Waals surface area contributed by atoms with Crippen molar-refractivity contribution in [1.29, 1.82) is 0 Å². The lowest BCUT2D eigenvalue weighted by molar-refractivity contribution is 0.235. The van der Waals surface area contributed by atoms with Gasteiger partial charge in [-0.3, -0.25) is 9.89 Å². The van der Waals surface area contributed by atoms with Crippen LogP contribution in [0, 0.1) is 5.92 Å². The Balaban J connectivity index is 2.41. The van der Waals surface area contributed by atoms with Gasteiger partial charge in [-0.05, 0) is 38.8 Å². The number of likely N-dealkylation sites (N-methyl/N-ethyl adjacent to an activating group) is 1. The van der Waals surface area contributed by atoms with Gasteiger partial charge in [0.1, 0.15) is 0 Å². The monoisotopic (exact) mass is 254 g/mol. The van der Waals surface area contributed by atoms with E-state index >= 15 is 0 Å². The SMILES string of the molecule is CCN(CC)C(C)CN=C(N)N1CCC(C)CC1. The first kappa shape index (κ1) is 15.3. The number of aliphatic imine (C=N–C) groups is 1. The molecule has 0 aromatic carbocycles. The highest BCUT2D eigenvalue weighted by molar-refractivity contribution is 5.78. The normalized spacial score (nSPS) is 20.5. The fourth-order valence-electron chi connectivity index (χ4n) is 2.53. The predicted octanol–water partition coefficient (Wildman–Crippen LogP) is 1.76. The molecule has 1 unspecified atom stereocenters. The first-order valence-electron chi connectivity index (χ1n) is 7.37. The van der Waals surface area contributed by atoms with Crippen LogP contribution in [0.1, 0.15) is 40.5 Å². The van der Waals surface area contributed by atoms with E-state index in [0.717, 1.165) is 44.6 Å². The molecule has 106 valence electrons. The highest BCUT2D eigenvalue weighted by Gasteiger charge is 2.17.